The SMILES string of the molecule is CCc1nc(CN2CCN(CC(O)c3ccc(C#N)cc3)CC2)no1. The van der Waals surface area contributed by atoms with Gasteiger partial charge in [0.25, 0.3) is 0 Å². The molecule has 0 radical (unpaired) electrons. The van der Waals surface area contributed by atoms with Gasteiger partial charge in [-0.15, -0.1) is 0 Å². The van der Waals surface area contributed by atoms with E-state index in [1.54, 1.807) is 12.1 Å². The van der Waals surface area contributed by atoms with Crippen LogP contribution in [0.15, 0.2) is 28.8 Å². The molecule has 1 N–H and O–H groups in total. The van der Waals surface area contributed by atoms with Crippen LogP contribution in [0.2, 0.25) is 0 Å². The Balaban J connectivity index is 1.46. The Morgan fingerprint density at radius 3 is 2.48 bits per heavy atom. The first kappa shape index (κ1) is 17.5. The van der Waals surface area contributed by atoms with Gasteiger partial charge in [-0.25, -0.2) is 0 Å². The molecule has 132 valence electrons. The predicted octanol–water partition coefficient (Wildman–Crippen LogP) is 1.35. The molecular formula is C18H23N5O2. The van der Waals surface area contributed by atoms with Crippen molar-refractivity contribution in [3.8, 4) is 6.07 Å². The molecule has 7 nitrogen and oxygen atoms in total. The molecule has 3 rings (SSSR count). The van der Waals surface area contributed by atoms with E-state index in [2.05, 4.69) is 26.0 Å². The Morgan fingerprint density at radius 1 is 1.20 bits per heavy atom. The van der Waals surface area contributed by atoms with Crippen LogP contribution in [0.3, 0.4) is 0 Å². The Hall–Kier alpha value is -2.27. The first-order chi connectivity index (χ1) is 12.2. The Bertz CT molecular complexity index is 714. The maximum absolute atomic E-state index is 10.4. The highest BCUT2D eigenvalue weighted by molar-refractivity contribution is 5.32. The summed E-state index contributed by atoms with van der Waals surface area (Å²) in [6.07, 6.45) is 0.220. The molecule has 1 fully saturated rings. The second-order valence-corrected chi connectivity index (χ2v) is 6.28. The number of nitriles is 1. The number of rotatable bonds is 6. The largest absolute Gasteiger partial charge is 0.387 e. The van der Waals surface area contributed by atoms with E-state index in [0.29, 0.717) is 24.5 Å². The van der Waals surface area contributed by atoms with E-state index in [4.69, 9.17) is 9.78 Å². The van der Waals surface area contributed by atoms with E-state index in [1.807, 2.05) is 19.1 Å². The van der Waals surface area contributed by atoms with Crippen LogP contribution in [0.5, 0.6) is 0 Å². The molecule has 2 aromatic rings. The topological polar surface area (TPSA) is 89.4 Å². The summed E-state index contributed by atoms with van der Waals surface area (Å²) < 4.78 is 5.14. The van der Waals surface area contributed by atoms with Crippen molar-refractivity contribution in [2.75, 3.05) is 32.7 Å². The van der Waals surface area contributed by atoms with E-state index in [-0.39, 0.29) is 0 Å². The summed E-state index contributed by atoms with van der Waals surface area (Å²) >= 11 is 0. The lowest BCUT2D eigenvalue weighted by molar-refractivity contribution is 0.0690. The van der Waals surface area contributed by atoms with Crippen molar-refractivity contribution in [2.24, 2.45) is 0 Å². The van der Waals surface area contributed by atoms with Crippen LogP contribution < -0.4 is 0 Å². The molecule has 0 aliphatic carbocycles. The fourth-order valence-corrected chi connectivity index (χ4v) is 2.96. The third-order valence-electron chi connectivity index (χ3n) is 4.50. The van der Waals surface area contributed by atoms with Crippen molar-refractivity contribution in [3.05, 3.63) is 47.1 Å². The molecule has 1 aliphatic heterocycles. The van der Waals surface area contributed by atoms with Gasteiger partial charge < -0.3 is 9.63 Å². The quantitative estimate of drug-likeness (QED) is 0.848. The molecule has 0 bridgehead atoms. The number of aryl methyl sites for hydroxylation is 1. The molecule has 1 aliphatic rings. The average molecular weight is 341 g/mol. The highest BCUT2D eigenvalue weighted by Gasteiger charge is 2.21. The molecule has 1 aromatic carbocycles. The van der Waals surface area contributed by atoms with Crippen molar-refractivity contribution in [1.82, 2.24) is 19.9 Å². The Labute approximate surface area is 147 Å². The summed E-state index contributed by atoms with van der Waals surface area (Å²) in [5.74, 6) is 1.42. The Morgan fingerprint density at radius 2 is 1.88 bits per heavy atom. The minimum absolute atomic E-state index is 0.538. The molecule has 0 saturated carbocycles. The lowest BCUT2D eigenvalue weighted by Crippen LogP contribution is -2.47. The van der Waals surface area contributed by atoms with Gasteiger partial charge in [-0.05, 0) is 17.7 Å². The number of nitrogens with zero attached hydrogens (tertiary/aromatic N) is 5. The van der Waals surface area contributed by atoms with Crippen LogP contribution >= 0.6 is 0 Å². The normalized spacial score (nSPS) is 17.3. The first-order valence-corrected chi connectivity index (χ1v) is 8.62. The van der Waals surface area contributed by atoms with Gasteiger partial charge in [0, 0.05) is 39.1 Å². The van der Waals surface area contributed by atoms with E-state index in [0.717, 1.165) is 44.0 Å². The molecule has 7 heteroatoms. The molecule has 1 unspecified atom stereocenters. The Kier molecular flexibility index (Phi) is 5.76. The van der Waals surface area contributed by atoms with Crippen molar-refractivity contribution >= 4 is 0 Å². The van der Waals surface area contributed by atoms with E-state index < -0.39 is 6.10 Å². The van der Waals surface area contributed by atoms with Gasteiger partial charge in [-0.2, -0.15) is 10.2 Å². The molecule has 1 atom stereocenters. The third-order valence-corrected chi connectivity index (χ3v) is 4.50. The number of β-amino-alcohol motifs (C(OH)–C–C–N with tert-alkyl or cyclic N) is 1. The molecular weight excluding hydrogens is 318 g/mol. The van der Waals surface area contributed by atoms with Gasteiger partial charge in [0.05, 0.1) is 24.3 Å². The standard InChI is InChI=1S/C18H23N5O2/c1-2-18-20-17(21-25-18)13-23-9-7-22(8-10-23)12-16(24)15-5-3-14(11-19)4-6-15/h3-6,16,24H,2,7-10,12-13H2,1H3. The zero-order valence-electron chi connectivity index (χ0n) is 14.4. The summed E-state index contributed by atoms with van der Waals surface area (Å²) in [5, 5.41) is 23.2. The van der Waals surface area contributed by atoms with E-state index in [1.165, 1.54) is 0 Å². The minimum atomic E-state index is -0.538. The second-order valence-electron chi connectivity index (χ2n) is 6.28. The summed E-state index contributed by atoms with van der Waals surface area (Å²) in [4.78, 5) is 8.91. The molecule has 2 heterocycles. The van der Waals surface area contributed by atoms with Gasteiger partial charge in [-0.1, -0.05) is 24.2 Å². The summed E-state index contributed by atoms with van der Waals surface area (Å²) in [6, 6.07) is 9.21. The molecule has 1 saturated heterocycles. The van der Waals surface area contributed by atoms with Crippen molar-refractivity contribution in [1.29, 1.82) is 5.26 Å². The van der Waals surface area contributed by atoms with Crippen LogP contribution in [0.4, 0.5) is 0 Å². The van der Waals surface area contributed by atoms with Crippen LogP contribution in [0.25, 0.3) is 0 Å². The summed E-state index contributed by atoms with van der Waals surface area (Å²) in [6.45, 7) is 6.91. The van der Waals surface area contributed by atoms with Gasteiger partial charge in [0.15, 0.2) is 5.82 Å². The maximum atomic E-state index is 10.4. The zero-order valence-corrected chi connectivity index (χ0v) is 14.4. The lowest BCUT2D eigenvalue weighted by Gasteiger charge is -2.35. The number of aliphatic hydroxyl groups is 1. The highest BCUT2D eigenvalue weighted by atomic mass is 16.5. The zero-order chi connectivity index (χ0) is 17.6. The van der Waals surface area contributed by atoms with Gasteiger partial charge in [0.2, 0.25) is 5.89 Å². The number of benzene rings is 1. The third kappa shape index (κ3) is 4.63. The number of hydrogen-bond acceptors (Lipinski definition) is 7. The smallest absolute Gasteiger partial charge is 0.226 e. The van der Waals surface area contributed by atoms with Crippen molar-refractivity contribution in [3.63, 3.8) is 0 Å². The number of aromatic nitrogens is 2. The van der Waals surface area contributed by atoms with Crippen LogP contribution in [0, 0.1) is 11.3 Å². The van der Waals surface area contributed by atoms with E-state index in [9.17, 15) is 5.11 Å². The van der Waals surface area contributed by atoms with Crippen molar-refractivity contribution < 1.29 is 9.63 Å². The average Bonchev–Trinajstić information content (AvgIpc) is 3.11. The summed E-state index contributed by atoms with van der Waals surface area (Å²) in [7, 11) is 0. The van der Waals surface area contributed by atoms with Gasteiger partial charge in [-0.3, -0.25) is 9.80 Å². The maximum Gasteiger partial charge on any atom is 0.226 e. The predicted molar refractivity (Wildman–Crippen MR) is 91.5 cm³/mol. The number of aliphatic hydroxyl groups excluding tert-OH is 1. The van der Waals surface area contributed by atoms with E-state index >= 15 is 0 Å². The lowest BCUT2D eigenvalue weighted by atomic mass is 10.1. The van der Waals surface area contributed by atoms with Crippen LogP contribution in [-0.4, -0.2) is 57.8 Å². The fourth-order valence-electron chi connectivity index (χ4n) is 2.96. The highest BCUT2D eigenvalue weighted by Crippen LogP contribution is 2.16. The molecule has 1 aromatic heterocycles. The summed E-state index contributed by atoms with van der Waals surface area (Å²) in [5.41, 5.74) is 1.46. The first-order valence-electron chi connectivity index (χ1n) is 8.62. The molecule has 25 heavy (non-hydrogen) atoms. The van der Waals surface area contributed by atoms with Gasteiger partial charge in [0.1, 0.15) is 0 Å². The van der Waals surface area contributed by atoms with Crippen LogP contribution in [0.1, 0.15) is 35.9 Å². The second kappa shape index (κ2) is 8.21. The molecule has 0 amide bonds. The van der Waals surface area contributed by atoms with Gasteiger partial charge >= 0.3 is 0 Å². The monoisotopic (exact) mass is 341 g/mol. The number of hydrogen-bond donors (Lipinski definition) is 1. The fraction of sp³-hybridized carbons (Fsp3) is 0.500. The molecule has 0 spiro atoms. The minimum Gasteiger partial charge on any atom is -0.387 e. The van der Waals surface area contributed by atoms with Crippen molar-refractivity contribution in [2.45, 2.75) is 26.0 Å². The number of piperazine rings is 1. The van der Waals surface area contributed by atoms with Crippen LogP contribution in [-0.2, 0) is 13.0 Å².